The number of esters is 1. The zero-order valence-corrected chi connectivity index (χ0v) is 21.1. The van der Waals surface area contributed by atoms with Crippen molar-refractivity contribution in [3.63, 3.8) is 0 Å². The Morgan fingerprint density at radius 3 is 2.56 bits per heavy atom. The number of carbonyl (C=O) groups excluding carboxylic acids is 2. The highest BCUT2D eigenvalue weighted by atomic mass is 19.2. The van der Waals surface area contributed by atoms with E-state index in [-0.39, 0.29) is 17.0 Å². The molecule has 2 saturated heterocycles. The first kappa shape index (κ1) is 25.4. The molecule has 4 heterocycles. The monoisotopic (exact) mass is 535 g/mol. The van der Waals surface area contributed by atoms with E-state index >= 15 is 4.39 Å². The van der Waals surface area contributed by atoms with Gasteiger partial charge in [0.25, 0.3) is 5.91 Å². The predicted molar refractivity (Wildman–Crippen MR) is 135 cm³/mol. The van der Waals surface area contributed by atoms with Crippen molar-refractivity contribution < 1.29 is 27.8 Å². The highest BCUT2D eigenvalue weighted by Crippen LogP contribution is 2.46. The van der Waals surface area contributed by atoms with Crippen LogP contribution >= 0.6 is 0 Å². The van der Waals surface area contributed by atoms with Gasteiger partial charge in [-0.2, -0.15) is 5.10 Å². The van der Waals surface area contributed by atoms with Crippen molar-refractivity contribution in [1.82, 2.24) is 14.7 Å². The van der Waals surface area contributed by atoms with Crippen LogP contribution in [0.3, 0.4) is 0 Å². The summed E-state index contributed by atoms with van der Waals surface area (Å²) < 4.78 is 42.3. The van der Waals surface area contributed by atoms with E-state index in [0.29, 0.717) is 51.0 Å². The standard InChI is InChI=1S/C29H27F2N3O5/c30-20-9-4-8-19(24(20)31)23(17-6-2-1-3-7-17)25-21-10-5-13-33(21)28(36)26-27(22(35)16-32-34(25)26)39-29(37)18-11-14-38-15-12-18/h1-4,6-9,16,18,21,23,25H,5,10-15H2/t21-,23-,25-/m1/s1. The Balaban J connectivity index is 1.53. The van der Waals surface area contributed by atoms with Gasteiger partial charge in [-0.05, 0) is 37.3 Å². The third-order valence-electron chi connectivity index (χ3n) is 7.98. The Labute approximate surface area is 223 Å². The Bertz CT molecular complexity index is 1470. The molecule has 0 unspecified atom stereocenters. The third-order valence-corrected chi connectivity index (χ3v) is 7.98. The van der Waals surface area contributed by atoms with Crippen molar-refractivity contribution in [2.75, 3.05) is 19.8 Å². The lowest BCUT2D eigenvalue weighted by Gasteiger charge is -2.42. The summed E-state index contributed by atoms with van der Waals surface area (Å²) in [6.45, 7) is 1.23. The fourth-order valence-electron chi connectivity index (χ4n) is 6.13. The van der Waals surface area contributed by atoms with E-state index in [1.54, 1.807) is 17.0 Å². The molecule has 0 aliphatic carbocycles. The van der Waals surface area contributed by atoms with E-state index in [4.69, 9.17) is 9.47 Å². The van der Waals surface area contributed by atoms with E-state index in [0.717, 1.165) is 12.3 Å². The highest BCUT2D eigenvalue weighted by molar-refractivity contribution is 5.97. The van der Waals surface area contributed by atoms with Gasteiger partial charge in [-0.15, -0.1) is 0 Å². The lowest BCUT2D eigenvalue weighted by atomic mass is 9.79. The molecule has 0 radical (unpaired) electrons. The smallest absolute Gasteiger partial charge is 0.314 e. The van der Waals surface area contributed by atoms with Gasteiger partial charge in [0, 0.05) is 31.2 Å². The molecule has 0 bridgehead atoms. The summed E-state index contributed by atoms with van der Waals surface area (Å²) in [5.41, 5.74) is -0.0385. The van der Waals surface area contributed by atoms with Crippen LogP contribution in [0.15, 0.2) is 59.5 Å². The molecule has 3 aliphatic rings. The maximum Gasteiger partial charge on any atom is 0.314 e. The zero-order chi connectivity index (χ0) is 27.1. The summed E-state index contributed by atoms with van der Waals surface area (Å²) in [5.74, 6) is -4.64. The second kappa shape index (κ2) is 10.3. The summed E-state index contributed by atoms with van der Waals surface area (Å²) in [6.07, 6.45) is 3.22. The minimum Gasteiger partial charge on any atom is -0.419 e. The molecular formula is C29H27F2N3O5. The fraction of sp³-hybridized carbons (Fsp3) is 0.379. The van der Waals surface area contributed by atoms with Gasteiger partial charge in [-0.3, -0.25) is 14.4 Å². The number of hydrogen-bond donors (Lipinski definition) is 0. The number of aromatic nitrogens is 2. The minimum absolute atomic E-state index is 0.111. The van der Waals surface area contributed by atoms with Crippen LogP contribution in [0.2, 0.25) is 0 Å². The van der Waals surface area contributed by atoms with Crippen molar-refractivity contribution >= 4 is 11.9 Å². The first-order chi connectivity index (χ1) is 19.0. The summed E-state index contributed by atoms with van der Waals surface area (Å²) in [7, 11) is 0. The molecular weight excluding hydrogens is 508 g/mol. The molecule has 6 rings (SSSR count). The Hall–Kier alpha value is -3.92. The molecule has 3 atom stereocenters. The molecule has 1 aromatic heterocycles. The average Bonchev–Trinajstić information content (AvgIpc) is 3.45. The second-order valence-electron chi connectivity index (χ2n) is 10.2. The van der Waals surface area contributed by atoms with Crippen LogP contribution in [0.1, 0.15) is 59.3 Å². The topological polar surface area (TPSA) is 90.7 Å². The molecule has 1 amide bonds. The van der Waals surface area contributed by atoms with Gasteiger partial charge in [0.2, 0.25) is 11.2 Å². The largest absolute Gasteiger partial charge is 0.419 e. The number of halogens is 2. The first-order valence-corrected chi connectivity index (χ1v) is 13.2. The van der Waals surface area contributed by atoms with Gasteiger partial charge in [0.1, 0.15) is 0 Å². The van der Waals surface area contributed by atoms with Gasteiger partial charge in [-0.1, -0.05) is 42.5 Å². The van der Waals surface area contributed by atoms with Crippen LogP contribution in [-0.2, 0) is 9.53 Å². The van der Waals surface area contributed by atoms with Crippen molar-refractivity contribution in [3.05, 3.63) is 93.4 Å². The summed E-state index contributed by atoms with van der Waals surface area (Å²) in [6, 6.07) is 12.0. The number of amides is 1. The lowest BCUT2D eigenvalue weighted by Crippen LogP contribution is -2.51. The van der Waals surface area contributed by atoms with Crippen LogP contribution in [0.25, 0.3) is 0 Å². The minimum atomic E-state index is -0.985. The third kappa shape index (κ3) is 4.42. The fourth-order valence-corrected chi connectivity index (χ4v) is 6.13. The van der Waals surface area contributed by atoms with E-state index < -0.39 is 52.9 Å². The molecule has 0 spiro atoms. The molecule has 10 heteroatoms. The van der Waals surface area contributed by atoms with Crippen molar-refractivity contribution in [2.24, 2.45) is 5.92 Å². The quantitative estimate of drug-likeness (QED) is 0.461. The van der Waals surface area contributed by atoms with Crippen molar-refractivity contribution in [1.29, 1.82) is 0 Å². The van der Waals surface area contributed by atoms with Crippen LogP contribution in [0.4, 0.5) is 8.78 Å². The predicted octanol–water partition coefficient (Wildman–Crippen LogP) is 3.84. The van der Waals surface area contributed by atoms with Gasteiger partial charge in [0.15, 0.2) is 17.3 Å². The van der Waals surface area contributed by atoms with E-state index in [1.807, 2.05) is 18.2 Å². The van der Waals surface area contributed by atoms with Crippen LogP contribution in [0, 0.1) is 17.6 Å². The molecule has 0 N–H and O–H groups in total. The van der Waals surface area contributed by atoms with E-state index in [1.165, 1.54) is 16.8 Å². The molecule has 39 heavy (non-hydrogen) atoms. The molecule has 202 valence electrons. The second-order valence-corrected chi connectivity index (χ2v) is 10.2. The molecule has 2 fully saturated rings. The molecule has 8 nitrogen and oxygen atoms in total. The number of fused-ring (bicyclic) bond motifs is 2. The van der Waals surface area contributed by atoms with Gasteiger partial charge in [0.05, 0.1) is 24.2 Å². The zero-order valence-electron chi connectivity index (χ0n) is 21.1. The number of ether oxygens (including phenoxy) is 2. The number of nitrogens with zero attached hydrogens (tertiary/aromatic N) is 3. The first-order valence-electron chi connectivity index (χ1n) is 13.2. The van der Waals surface area contributed by atoms with Gasteiger partial charge < -0.3 is 14.4 Å². The van der Waals surface area contributed by atoms with Gasteiger partial charge in [-0.25, -0.2) is 13.5 Å². The summed E-state index contributed by atoms with van der Waals surface area (Å²) in [4.78, 5) is 41.4. The maximum atomic E-state index is 15.4. The SMILES string of the molecule is O=C(Oc1c2n(ncc1=O)[C@@H]([C@H](c1ccccc1)c1cccc(F)c1F)[C@H]1CCCN1C2=O)C1CCOCC1. The maximum absolute atomic E-state index is 15.4. The normalized spacial score (nSPS) is 21.8. The summed E-state index contributed by atoms with van der Waals surface area (Å²) >= 11 is 0. The van der Waals surface area contributed by atoms with Crippen LogP contribution < -0.4 is 10.2 Å². The van der Waals surface area contributed by atoms with E-state index in [9.17, 15) is 18.8 Å². The highest BCUT2D eigenvalue weighted by Gasteiger charge is 2.49. The lowest BCUT2D eigenvalue weighted by molar-refractivity contribution is -0.142. The Morgan fingerprint density at radius 2 is 1.79 bits per heavy atom. The number of benzene rings is 2. The van der Waals surface area contributed by atoms with Gasteiger partial charge >= 0.3 is 5.97 Å². The van der Waals surface area contributed by atoms with E-state index in [2.05, 4.69) is 5.10 Å². The molecule has 3 aromatic rings. The Kier molecular flexibility index (Phi) is 6.72. The Morgan fingerprint density at radius 1 is 1.03 bits per heavy atom. The number of carbonyl (C=O) groups is 2. The average molecular weight is 536 g/mol. The molecule has 0 saturated carbocycles. The molecule has 3 aliphatic heterocycles. The van der Waals surface area contributed by atoms with Crippen molar-refractivity contribution in [2.45, 2.75) is 43.7 Å². The number of hydrogen-bond acceptors (Lipinski definition) is 6. The molecule has 2 aromatic carbocycles. The van der Waals surface area contributed by atoms with Crippen molar-refractivity contribution in [3.8, 4) is 5.75 Å². The van der Waals surface area contributed by atoms with Crippen LogP contribution in [-0.4, -0.2) is 52.4 Å². The number of rotatable bonds is 5. The summed E-state index contributed by atoms with van der Waals surface area (Å²) in [5, 5.41) is 4.34. The van der Waals surface area contributed by atoms with Crippen LogP contribution in [0.5, 0.6) is 5.75 Å².